The number of anilines is 2. The molecule has 0 bridgehead atoms. The molecule has 1 fully saturated rings. The number of ether oxygens (including phenoxy) is 2. The Bertz CT molecular complexity index is 1110. The molecule has 2 aliphatic rings. The van der Waals surface area contributed by atoms with Gasteiger partial charge in [0.1, 0.15) is 25.4 Å². The van der Waals surface area contributed by atoms with E-state index in [2.05, 4.69) is 20.6 Å². The van der Waals surface area contributed by atoms with E-state index in [1.807, 2.05) is 36.4 Å². The lowest BCUT2D eigenvalue weighted by Crippen LogP contribution is -2.22. The Labute approximate surface area is 187 Å². The molecule has 0 unspecified atom stereocenters. The minimum absolute atomic E-state index is 0.196. The fourth-order valence-electron chi connectivity index (χ4n) is 4.19. The smallest absolute Gasteiger partial charge is 0.255 e. The quantitative estimate of drug-likeness (QED) is 0.598. The summed E-state index contributed by atoms with van der Waals surface area (Å²) in [5.41, 5.74) is 2.87. The zero-order valence-corrected chi connectivity index (χ0v) is 17.8. The average Bonchev–Trinajstić information content (AvgIpc) is 2.85. The van der Waals surface area contributed by atoms with Crippen LogP contribution in [0.5, 0.6) is 11.5 Å². The van der Waals surface area contributed by atoms with Crippen LogP contribution in [-0.2, 0) is 0 Å². The van der Waals surface area contributed by atoms with Crippen LogP contribution < -0.4 is 20.1 Å². The number of benzene rings is 2. The van der Waals surface area contributed by atoms with Crippen molar-refractivity contribution >= 4 is 17.4 Å². The van der Waals surface area contributed by atoms with Gasteiger partial charge in [0.2, 0.25) is 0 Å². The first-order valence-electron chi connectivity index (χ1n) is 11.1. The lowest BCUT2D eigenvalue weighted by molar-refractivity contribution is 0.102. The normalized spacial score (nSPS) is 15.8. The van der Waals surface area contributed by atoms with Gasteiger partial charge in [-0.3, -0.25) is 4.79 Å². The van der Waals surface area contributed by atoms with Crippen molar-refractivity contribution in [1.29, 1.82) is 0 Å². The molecular formula is C25H26N4O3. The molecule has 0 saturated heterocycles. The van der Waals surface area contributed by atoms with Gasteiger partial charge in [-0.2, -0.15) is 0 Å². The number of hydrogen-bond acceptors (Lipinski definition) is 6. The van der Waals surface area contributed by atoms with E-state index in [0.717, 1.165) is 17.1 Å². The van der Waals surface area contributed by atoms with E-state index in [1.54, 1.807) is 18.5 Å². The summed E-state index contributed by atoms with van der Waals surface area (Å²) in [4.78, 5) is 21.7. The number of nitrogens with one attached hydrogen (secondary N) is 2. The van der Waals surface area contributed by atoms with E-state index in [9.17, 15) is 4.79 Å². The molecule has 5 rings (SSSR count). The zero-order valence-electron chi connectivity index (χ0n) is 17.8. The minimum atomic E-state index is -0.196. The lowest BCUT2D eigenvalue weighted by atomic mass is 9.95. The van der Waals surface area contributed by atoms with Crippen LogP contribution in [0.4, 0.5) is 11.5 Å². The number of nitrogens with zero attached hydrogens (tertiary/aromatic N) is 2. The fourth-order valence-corrected chi connectivity index (χ4v) is 4.19. The molecule has 1 saturated carbocycles. The summed E-state index contributed by atoms with van der Waals surface area (Å²) in [6.07, 6.45) is 7.76. The minimum Gasteiger partial charge on any atom is -0.486 e. The van der Waals surface area contributed by atoms with Crippen LogP contribution in [0.3, 0.4) is 0 Å². The lowest BCUT2D eigenvalue weighted by Gasteiger charge is -2.23. The monoisotopic (exact) mass is 430 g/mol. The van der Waals surface area contributed by atoms with Gasteiger partial charge in [0.25, 0.3) is 5.91 Å². The second-order valence-electron chi connectivity index (χ2n) is 8.16. The van der Waals surface area contributed by atoms with Crippen LogP contribution >= 0.6 is 0 Å². The zero-order chi connectivity index (χ0) is 21.8. The van der Waals surface area contributed by atoms with E-state index in [0.29, 0.717) is 42.0 Å². The highest BCUT2D eigenvalue weighted by Gasteiger charge is 2.16. The molecule has 1 amide bonds. The Morgan fingerprint density at radius 1 is 0.906 bits per heavy atom. The van der Waals surface area contributed by atoms with Crippen LogP contribution in [0.2, 0.25) is 0 Å². The third-order valence-corrected chi connectivity index (χ3v) is 5.84. The van der Waals surface area contributed by atoms with Crippen LogP contribution in [0.1, 0.15) is 42.5 Å². The molecule has 1 aliphatic heterocycles. The van der Waals surface area contributed by atoms with Crippen molar-refractivity contribution < 1.29 is 14.3 Å². The van der Waals surface area contributed by atoms with Crippen molar-refractivity contribution in [2.24, 2.45) is 0 Å². The van der Waals surface area contributed by atoms with E-state index < -0.39 is 0 Å². The molecule has 7 nitrogen and oxygen atoms in total. The van der Waals surface area contributed by atoms with Crippen molar-refractivity contribution in [1.82, 2.24) is 9.97 Å². The summed E-state index contributed by atoms with van der Waals surface area (Å²) < 4.78 is 11.1. The molecule has 0 radical (unpaired) electrons. The van der Waals surface area contributed by atoms with E-state index in [-0.39, 0.29) is 5.91 Å². The summed E-state index contributed by atoms with van der Waals surface area (Å²) >= 11 is 0. The maximum Gasteiger partial charge on any atom is 0.255 e. The third-order valence-electron chi connectivity index (χ3n) is 5.84. The number of aromatic nitrogens is 2. The molecule has 2 N–H and O–H groups in total. The molecule has 1 aliphatic carbocycles. The summed E-state index contributed by atoms with van der Waals surface area (Å²) in [6.45, 7) is 1.04. The highest BCUT2D eigenvalue weighted by molar-refractivity contribution is 6.05. The van der Waals surface area contributed by atoms with Gasteiger partial charge in [-0.25, -0.2) is 9.97 Å². The molecule has 7 heteroatoms. The molecule has 0 spiro atoms. The maximum absolute atomic E-state index is 12.9. The molecule has 32 heavy (non-hydrogen) atoms. The highest BCUT2D eigenvalue weighted by Crippen LogP contribution is 2.33. The molecular weight excluding hydrogens is 404 g/mol. The molecule has 164 valence electrons. The van der Waals surface area contributed by atoms with E-state index in [4.69, 9.17) is 9.47 Å². The van der Waals surface area contributed by atoms with E-state index >= 15 is 0 Å². The number of amides is 1. The van der Waals surface area contributed by atoms with Gasteiger partial charge in [-0.15, -0.1) is 0 Å². The van der Waals surface area contributed by atoms with Crippen LogP contribution in [0.15, 0.2) is 54.9 Å². The van der Waals surface area contributed by atoms with Gasteiger partial charge in [-0.1, -0.05) is 31.4 Å². The van der Waals surface area contributed by atoms with Gasteiger partial charge in [0.05, 0.1) is 5.69 Å². The number of carbonyl (C=O) groups is 1. The van der Waals surface area contributed by atoms with Crippen molar-refractivity contribution in [3.8, 4) is 22.8 Å². The Balaban J connectivity index is 1.31. The summed E-state index contributed by atoms with van der Waals surface area (Å²) in [7, 11) is 0. The summed E-state index contributed by atoms with van der Waals surface area (Å²) in [5, 5.41) is 6.47. The van der Waals surface area contributed by atoms with E-state index in [1.165, 1.54) is 32.1 Å². The predicted molar refractivity (Wildman–Crippen MR) is 123 cm³/mol. The van der Waals surface area contributed by atoms with Crippen molar-refractivity contribution in [2.75, 3.05) is 23.8 Å². The first-order chi connectivity index (χ1) is 15.7. The third kappa shape index (κ3) is 4.66. The van der Waals surface area contributed by atoms with Gasteiger partial charge >= 0.3 is 0 Å². The number of rotatable bonds is 5. The van der Waals surface area contributed by atoms with Crippen molar-refractivity contribution in [2.45, 2.75) is 38.1 Å². The van der Waals surface area contributed by atoms with Gasteiger partial charge < -0.3 is 20.1 Å². The second-order valence-corrected chi connectivity index (χ2v) is 8.16. The molecule has 3 aromatic rings. The molecule has 1 aromatic heterocycles. The first kappa shape index (κ1) is 20.3. The number of hydrogen-bond donors (Lipinski definition) is 2. The predicted octanol–water partition coefficient (Wildman–Crippen LogP) is 4.91. The van der Waals surface area contributed by atoms with Gasteiger partial charge in [-0.05, 0) is 37.1 Å². The van der Waals surface area contributed by atoms with Gasteiger partial charge in [0, 0.05) is 35.0 Å². The highest BCUT2D eigenvalue weighted by atomic mass is 16.6. The number of fused-ring (bicyclic) bond motifs is 1. The van der Waals surface area contributed by atoms with Crippen LogP contribution in [0.25, 0.3) is 11.3 Å². The maximum atomic E-state index is 12.9. The first-order valence-corrected chi connectivity index (χ1v) is 11.1. The van der Waals surface area contributed by atoms with Crippen LogP contribution in [-0.4, -0.2) is 35.1 Å². The number of carbonyl (C=O) groups excluding carboxylic acids is 1. The van der Waals surface area contributed by atoms with Gasteiger partial charge in [0.15, 0.2) is 11.5 Å². The second kappa shape index (κ2) is 9.26. The molecule has 0 atom stereocenters. The topological polar surface area (TPSA) is 85.4 Å². The van der Waals surface area contributed by atoms with Crippen molar-refractivity contribution in [3.63, 3.8) is 0 Å². The Hall–Kier alpha value is -3.61. The SMILES string of the molecule is O=C(Nc1ccc2c(c1)OCCO2)c1cccc(-c2cc(NC3CCCCC3)ncn2)c1. The average molecular weight is 431 g/mol. The fraction of sp³-hybridized carbons (Fsp3) is 0.320. The Morgan fingerprint density at radius 2 is 1.75 bits per heavy atom. The Kier molecular flexibility index (Phi) is 5.87. The standard InChI is InChI=1S/C25H26N4O3/c30-25(29-20-9-10-22-23(14-20)32-12-11-31-22)18-6-4-5-17(13-18)21-15-24(27-16-26-21)28-19-7-2-1-3-8-19/h4-6,9-10,13-16,19H,1-3,7-8,11-12H2,(H,29,30)(H,26,27,28). The summed E-state index contributed by atoms with van der Waals surface area (Å²) in [6, 6.07) is 15.3. The van der Waals surface area contributed by atoms with Crippen molar-refractivity contribution in [3.05, 3.63) is 60.4 Å². The Morgan fingerprint density at radius 3 is 2.62 bits per heavy atom. The molecule has 2 heterocycles. The summed E-state index contributed by atoms with van der Waals surface area (Å²) in [5.74, 6) is 1.96. The largest absolute Gasteiger partial charge is 0.486 e. The molecule has 2 aromatic carbocycles. The van der Waals surface area contributed by atoms with Crippen LogP contribution in [0, 0.1) is 0 Å².